The summed E-state index contributed by atoms with van der Waals surface area (Å²) in [5, 5.41) is 9.30. The van der Waals surface area contributed by atoms with Gasteiger partial charge in [0.25, 0.3) is 0 Å². The van der Waals surface area contributed by atoms with Crippen LogP contribution in [-0.2, 0) is 0 Å². The van der Waals surface area contributed by atoms with Crippen LogP contribution in [0.2, 0.25) is 0 Å². The van der Waals surface area contributed by atoms with Crippen LogP contribution in [0.5, 0.6) is 0 Å². The fourth-order valence-corrected chi connectivity index (χ4v) is 0.729. The van der Waals surface area contributed by atoms with Crippen LogP contribution in [0.3, 0.4) is 0 Å². The second-order valence-corrected chi connectivity index (χ2v) is 2.88. The molecular weight excluding hydrogens is 138 g/mol. The Labute approximate surface area is 69.2 Å². The lowest BCUT2D eigenvalue weighted by Crippen LogP contribution is -2.18. The predicted octanol–water partition coefficient (Wildman–Crippen LogP) is 0.712. The smallest absolute Gasteiger partial charge is 0.0661 e. The zero-order chi connectivity index (χ0) is 8.69. The molecule has 1 atom stereocenters. The quantitative estimate of drug-likeness (QED) is 0.604. The number of nitrogens with zero attached hydrogens (tertiary/aromatic N) is 1. The Morgan fingerprint density at radius 2 is 2.09 bits per heavy atom. The van der Waals surface area contributed by atoms with E-state index in [2.05, 4.69) is 16.7 Å². The summed E-state index contributed by atoms with van der Waals surface area (Å²) in [6.45, 7) is 2.71. The average Bonchev–Trinajstić information content (AvgIpc) is 1.97. The summed E-state index contributed by atoms with van der Waals surface area (Å²) < 4.78 is 0. The molecule has 2 heteroatoms. The lowest BCUT2D eigenvalue weighted by atomic mass is 10.2. The van der Waals surface area contributed by atoms with E-state index in [-0.39, 0.29) is 6.10 Å². The largest absolute Gasteiger partial charge is 0.392 e. The number of aliphatic hydroxyl groups excluding tert-OH is 1. The van der Waals surface area contributed by atoms with Crippen LogP contribution in [0.15, 0.2) is 0 Å². The van der Waals surface area contributed by atoms with E-state index in [0.29, 0.717) is 6.42 Å². The molecule has 0 radical (unpaired) electrons. The van der Waals surface area contributed by atoms with Crippen molar-refractivity contribution in [2.45, 2.75) is 25.9 Å². The molecule has 0 amide bonds. The topological polar surface area (TPSA) is 23.5 Å². The maximum atomic E-state index is 9.30. The third-order valence-corrected chi connectivity index (χ3v) is 1.42. The van der Waals surface area contributed by atoms with Gasteiger partial charge in [0.05, 0.1) is 6.10 Å². The summed E-state index contributed by atoms with van der Waals surface area (Å²) in [6.07, 6.45) is 1.15. The van der Waals surface area contributed by atoms with Crippen molar-refractivity contribution in [3.63, 3.8) is 0 Å². The Hall–Kier alpha value is -0.520. The van der Waals surface area contributed by atoms with Crippen molar-refractivity contribution in [2.75, 3.05) is 20.6 Å². The SMILES string of the molecule is CC#CCC(O)CCN(C)C. The van der Waals surface area contributed by atoms with Gasteiger partial charge in [-0.2, -0.15) is 0 Å². The highest BCUT2D eigenvalue weighted by molar-refractivity contribution is 4.96. The minimum Gasteiger partial charge on any atom is -0.392 e. The van der Waals surface area contributed by atoms with E-state index in [1.165, 1.54) is 0 Å². The monoisotopic (exact) mass is 155 g/mol. The number of aliphatic hydroxyl groups is 1. The van der Waals surface area contributed by atoms with Crippen LogP contribution < -0.4 is 0 Å². The van der Waals surface area contributed by atoms with Crippen molar-refractivity contribution < 1.29 is 5.11 Å². The van der Waals surface area contributed by atoms with Gasteiger partial charge < -0.3 is 10.0 Å². The van der Waals surface area contributed by atoms with Crippen molar-refractivity contribution in [1.82, 2.24) is 4.90 Å². The van der Waals surface area contributed by atoms with E-state index in [4.69, 9.17) is 0 Å². The second kappa shape index (κ2) is 6.21. The average molecular weight is 155 g/mol. The van der Waals surface area contributed by atoms with Gasteiger partial charge in [0, 0.05) is 13.0 Å². The minimum absolute atomic E-state index is 0.259. The van der Waals surface area contributed by atoms with Crippen molar-refractivity contribution in [1.29, 1.82) is 0 Å². The molecule has 0 heterocycles. The zero-order valence-electron chi connectivity index (χ0n) is 7.59. The maximum Gasteiger partial charge on any atom is 0.0661 e. The second-order valence-electron chi connectivity index (χ2n) is 2.88. The molecule has 1 N–H and O–H groups in total. The van der Waals surface area contributed by atoms with Crippen molar-refractivity contribution in [2.24, 2.45) is 0 Å². The molecule has 64 valence electrons. The van der Waals surface area contributed by atoms with Gasteiger partial charge in [-0.25, -0.2) is 0 Å². The predicted molar refractivity (Wildman–Crippen MR) is 47.2 cm³/mol. The van der Waals surface area contributed by atoms with Crippen LogP contribution in [0.25, 0.3) is 0 Å². The Balaban J connectivity index is 3.34. The fourth-order valence-electron chi connectivity index (χ4n) is 0.729. The summed E-state index contributed by atoms with van der Waals surface area (Å²) in [4.78, 5) is 2.06. The van der Waals surface area contributed by atoms with Gasteiger partial charge in [-0.05, 0) is 27.4 Å². The first-order valence-corrected chi connectivity index (χ1v) is 3.89. The van der Waals surface area contributed by atoms with Crippen LogP contribution in [0.4, 0.5) is 0 Å². The van der Waals surface area contributed by atoms with Gasteiger partial charge in [0.1, 0.15) is 0 Å². The Morgan fingerprint density at radius 3 is 2.55 bits per heavy atom. The van der Waals surface area contributed by atoms with Crippen molar-refractivity contribution >= 4 is 0 Å². The highest BCUT2D eigenvalue weighted by Crippen LogP contribution is 1.96. The van der Waals surface area contributed by atoms with Crippen LogP contribution in [0.1, 0.15) is 19.8 Å². The van der Waals surface area contributed by atoms with E-state index < -0.39 is 0 Å². The Bertz CT molecular complexity index is 143. The third kappa shape index (κ3) is 7.38. The molecule has 0 rings (SSSR count). The molecule has 0 saturated heterocycles. The molecule has 0 aromatic heterocycles. The van der Waals surface area contributed by atoms with Gasteiger partial charge in [-0.1, -0.05) is 0 Å². The highest BCUT2D eigenvalue weighted by atomic mass is 16.3. The van der Waals surface area contributed by atoms with E-state index in [1.807, 2.05) is 14.1 Å². The van der Waals surface area contributed by atoms with Gasteiger partial charge in [-0.3, -0.25) is 0 Å². The molecule has 0 aromatic carbocycles. The summed E-state index contributed by atoms with van der Waals surface area (Å²) in [5.74, 6) is 5.62. The summed E-state index contributed by atoms with van der Waals surface area (Å²) >= 11 is 0. The molecule has 1 unspecified atom stereocenters. The van der Waals surface area contributed by atoms with Crippen molar-refractivity contribution in [3.8, 4) is 11.8 Å². The molecule has 0 aliphatic rings. The van der Waals surface area contributed by atoms with Crippen LogP contribution >= 0.6 is 0 Å². The molecule has 11 heavy (non-hydrogen) atoms. The maximum absolute atomic E-state index is 9.30. The van der Waals surface area contributed by atoms with Gasteiger partial charge in [0.2, 0.25) is 0 Å². The van der Waals surface area contributed by atoms with Gasteiger partial charge >= 0.3 is 0 Å². The number of hydrogen-bond donors (Lipinski definition) is 1. The molecule has 0 bridgehead atoms. The molecule has 0 aliphatic heterocycles. The third-order valence-electron chi connectivity index (χ3n) is 1.42. The first kappa shape index (κ1) is 10.5. The van der Waals surface area contributed by atoms with Crippen molar-refractivity contribution in [3.05, 3.63) is 0 Å². The Morgan fingerprint density at radius 1 is 1.45 bits per heavy atom. The minimum atomic E-state index is -0.259. The molecule has 0 aliphatic carbocycles. The van der Waals surface area contributed by atoms with E-state index in [1.54, 1.807) is 6.92 Å². The molecule has 0 aromatic rings. The highest BCUT2D eigenvalue weighted by Gasteiger charge is 2.01. The van der Waals surface area contributed by atoms with Crippen LogP contribution in [0, 0.1) is 11.8 Å². The summed E-state index contributed by atoms with van der Waals surface area (Å²) in [6, 6.07) is 0. The molecule has 0 spiro atoms. The molecular formula is C9H17NO. The van der Waals surface area contributed by atoms with E-state index in [0.717, 1.165) is 13.0 Å². The Kier molecular flexibility index (Phi) is 5.91. The molecule has 0 fully saturated rings. The number of hydrogen-bond acceptors (Lipinski definition) is 2. The zero-order valence-corrected chi connectivity index (χ0v) is 7.59. The standard InChI is InChI=1S/C9H17NO/c1-4-5-6-9(11)7-8-10(2)3/h9,11H,6-8H2,1-3H3. The molecule has 0 saturated carbocycles. The van der Waals surface area contributed by atoms with Crippen LogP contribution in [-0.4, -0.2) is 36.8 Å². The summed E-state index contributed by atoms with van der Waals surface area (Å²) in [5.41, 5.74) is 0. The summed E-state index contributed by atoms with van der Waals surface area (Å²) in [7, 11) is 4.00. The lowest BCUT2D eigenvalue weighted by Gasteiger charge is -2.11. The number of rotatable bonds is 4. The first-order valence-electron chi connectivity index (χ1n) is 3.89. The van der Waals surface area contributed by atoms with Gasteiger partial charge in [0.15, 0.2) is 0 Å². The van der Waals surface area contributed by atoms with Gasteiger partial charge in [-0.15, -0.1) is 11.8 Å². The van der Waals surface area contributed by atoms with E-state index in [9.17, 15) is 5.11 Å². The normalized spacial score (nSPS) is 12.5. The fraction of sp³-hybridized carbons (Fsp3) is 0.778. The molecule has 2 nitrogen and oxygen atoms in total. The first-order chi connectivity index (χ1) is 5.16. The van der Waals surface area contributed by atoms with E-state index >= 15 is 0 Å². The lowest BCUT2D eigenvalue weighted by molar-refractivity contribution is 0.157.